The maximum absolute atomic E-state index is 12.4. The van der Waals surface area contributed by atoms with Crippen LogP contribution in [0.25, 0.3) is 0 Å². The van der Waals surface area contributed by atoms with Crippen LogP contribution in [0.3, 0.4) is 0 Å². The van der Waals surface area contributed by atoms with Gasteiger partial charge in [0.05, 0.1) is 11.7 Å². The molecule has 0 fully saturated rings. The fourth-order valence-electron chi connectivity index (χ4n) is 2.73. The van der Waals surface area contributed by atoms with Gasteiger partial charge in [0.1, 0.15) is 6.61 Å². The Morgan fingerprint density at radius 1 is 1.00 bits per heavy atom. The smallest absolute Gasteiger partial charge is 0.407 e. The molecule has 154 valence electrons. The molecule has 2 N–H and O–H groups in total. The highest BCUT2D eigenvalue weighted by Crippen LogP contribution is 2.20. The van der Waals surface area contributed by atoms with Crippen molar-refractivity contribution in [3.8, 4) is 0 Å². The maximum Gasteiger partial charge on any atom is 0.407 e. The van der Waals surface area contributed by atoms with E-state index in [0.29, 0.717) is 16.1 Å². The molecule has 0 aromatic heterocycles. The largest absolute Gasteiger partial charge is 0.445 e. The Labute approximate surface area is 189 Å². The highest BCUT2D eigenvalue weighted by Gasteiger charge is 2.11. The summed E-state index contributed by atoms with van der Waals surface area (Å²) in [6, 6.07) is 21.7. The second-order valence-corrected chi connectivity index (χ2v) is 8.06. The van der Waals surface area contributed by atoms with Gasteiger partial charge in [-0.05, 0) is 54.4 Å². The summed E-state index contributed by atoms with van der Waals surface area (Å²) in [5, 5.41) is 5.62. The predicted molar refractivity (Wildman–Crippen MR) is 124 cm³/mol. The Hall–Kier alpha value is -2.77. The number of hydrogen-bond acceptors (Lipinski definition) is 4. The van der Waals surface area contributed by atoms with Crippen LogP contribution in [0.15, 0.2) is 82.2 Å². The lowest BCUT2D eigenvalue weighted by Crippen LogP contribution is -2.27. The first-order valence-corrected chi connectivity index (χ1v) is 10.5. The van der Waals surface area contributed by atoms with Crippen LogP contribution in [-0.2, 0) is 11.3 Å². The molecule has 0 saturated carbocycles. The van der Waals surface area contributed by atoms with Gasteiger partial charge in [0.2, 0.25) is 0 Å². The summed E-state index contributed by atoms with van der Waals surface area (Å²) in [7, 11) is 0. The van der Waals surface area contributed by atoms with Crippen molar-refractivity contribution < 1.29 is 14.3 Å². The Morgan fingerprint density at radius 2 is 1.67 bits per heavy atom. The Bertz CT molecular complexity index is 1020. The first-order chi connectivity index (χ1) is 14.4. The maximum atomic E-state index is 12.4. The Kier molecular flexibility index (Phi) is 7.54. The van der Waals surface area contributed by atoms with Gasteiger partial charge in [0.15, 0.2) is 0 Å². The van der Waals surface area contributed by atoms with Crippen molar-refractivity contribution >= 4 is 46.2 Å². The SMILES string of the molecule is CC(NC(=O)OCc1ccc(C(=O)Nc2ccccc2S)cc1)c1ccc(Br)cc1. The molecule has 0 heterocycles. The van der Waals surface area contributed by atoms with Crippen molar-refractivity contribution in [2.75, 3.05) is 5.32 Å². The van der Waals surface area contributed by atoms with E-state index in [1.807, 2.05) is 49.4 Å². The van der Waals surface area contributed by atoms with E-state index < -0.39 is 6.09 Å². The van der Waals surface area contributed by atoms with Crippen LogP contribution >= 0.6 is 28.6 Å². The molecule has 5 nitrogen and oxygen atoms in total. The molecule has 3 aromatic rings. The minimum atomic E-state index is -0.502. The number of thiol groups is 1. The number of ether oxygens (including phenoxy) is 1. The standard InChI is InChI=1S/C23H21BrN2O3S/c1-15(17-10-12-19(24)13-11-17)25-23(28)29-14-16-6-8-18(9-7-16)22(27)26-20-4-2-3-5-21(20)30/h2-13,15,30H,14H2,1H3,(H,25,28)(H,26,27). The van der Waals surface area contributed by atoms with Gasteiger partial charge < -0.3 is 15.4 Å². The lowest BCUT2D eigenvalue weighted by molar-refractivity contribution is 0.102. The van der Waals surface area contributed by atoms with E-state index in [0.717, 1.165) is 15.6 Å². The molecule has 3 rings (SSSR count). The van der Waals surface area contributed by atoms with Crippen molar-refractivity contribution in [2.24, 2.45) is 0 Å². The van der Waals surface area contributed by atoms with Gasteiger partial charge in [-0.15, -0.1) is 12.6 Å². The second kappa shape index (κ2) is 10.3. The summed E-state index contributed by atoms with van der Waals surface area (Å²) in [5.41, 5.74) is 2.92. The number of amides is 2. The van der Waals surface area contributed by atoms with Crippen LogP contribution in [0, 0.1) is 0 Å². The minimum Gasteiger partial charge on any atom is -0.445 e. The van der Waals surface area contributed by atoms with E-state index in [2.05, 4.69) is 39.2 Å². The number of para-hydroxylation sites is 1. The number of hydrogen-bond donors (Lipinski definition) is 3. The molecular formula is C23H21BrN2O3S. The van der Waals surface area contributed by atoms with Gasteiger partial charge in [-0.2, -0.15) is 0 Å². The molecule has 2 amide bonds. The van der Waals surface area contributed by atoms with E-state index >= 15 is 0 Å². The third-order valence-electron chi connectivity index (χ3n) is 4.44. The normalized spacial score (nSPS) is 11.4. The molecule has 0 aliphatic carbocycles. The average Bonchev–Trinajstić information content (AvgIpc) is 2.74. The van der Waals surface area contributed by atoms with Crippen LogP contribution in [0.4, 0.5) is 10.5 Å². The van der Waals surface area contributed by atoms with Gasteiger partial charge in [0, 0.05) is 14.9 Å². The van der Waals surface area contributed by atoms with Crippen molar-refractivity contribution in [1.29, 1.82) is 0 Å². The van der Waals surface area contributed by atoms with E-state index in [1.165, 1.54) is 0 Å². The number of anilines is 1. The molecule has 0 spiro atoms. The quantitative estimate of drug-likeness (QED) is 0.377. The highest BCUT2D eigenvalue weighted by molar-refractivity contribution is 9.10. The van der Waals surface area contributed by atoms with E-state index in [9.17, 15) is 9.59 Å². The Balaban J connectivity index is 1.50. The van der Waals surface area contributed by atoms with Crippen LogP contribution in [-0.4, -0.2) is 12.0 Å². The summed E-state index contributed by atoms with van der Waals surface area (Å²) in [5.74, 6) is -0.231. The van der Waals surface area contributed by atoms with Crippen LogP contribution in [0.1, 0.15) is 34.5 Å². The first-order valence-electron chi connectivity index (χ1n) is 9.29. The van der Waals surface area contributed by atoms with Gasteiger partial charge in [-0.3, -0.25) is 4.79 Å². The Morgan fingerprint density at radius 3 is 2.33 bits per heavy atom. The number of nitrogens with one attached hydrogen (secondary N) is 2. The molecule has 3 aromatic carbocycles. The lowest BCUT2D eigenvalue weighted by atomic mass is 10.1. The molecule has 30 heavy (non-hydrogen) atoms. The van der Waals surface area contributed by atoms with Gasteiger partial charge in [-0.25, -0.2) is 4.79 Å². The molecule has 7 heteroatoms. The van der Waals surface area contributed by atoms with Gasteiger partial charge in [0.25, 0.3) is 5.91 Å². The molecule has 1 atom stereocenters. The molecule has 1 unspecified atom stereocenters. The molecule has 0 bridgehead atoms. The van der Waals surface area contributed by atoms with Gasteiger partial charge in [-0.1, -0.05) is 52.3 Å². The summed E-state index contributed by atoms with van der Waals surface area (Å²) in [4.78, 5) is 25.1. The fraction of sp³-hybridized carbons (Fsp3) is 0.130. The van der Waals surface area contributed by atoms with E-state index in [-0.39, 0.29) is 18.6 Å². The van der Waals surface area contributed by atoms with Crippen molar-refractivity contribution in [2.45, 2.75) is 24.5 Å². The van der Waals surface area contributed by atoms with Crippen molar-refractivity contribution in [3.05, 3.63) is 94.0 Å². The summed E-state index contributed by atoms with van der Waals surface area (Å²) in [6.07, 6.45) is -0.502. The third kappa shape index (κ3) is 6.11. The van der Waals surface area contributed by atoms with Crippen molar-refractivity contribution in [3.63, 3.8) is 0 Å². The zero-order chi connectivity index (χ0) is 21.5. The van der Waals surface area contributed by atoms with Gasteiger partial charge >= 0.3 is 6.09 Å². The number of rotatable bonds is 6. The number of carbonyl (C=O) groups excluding carboxylic acids is 2. The number of carbonyl (C=O) groups is 2. The zero-order valence-corrected chi connectivity index (χ0v) is 18.7. The fourth-order valence-corrected chi connectivity index (χ4v) is 3.21. The lowest BCUT2D eigenvalue weighted by Gasteiger charge is -2.14. The number of benzene rings is 3. The van der Waals surface area contributed by atoms with E-state index in [1.54, 1.807) is 30.3 Å². The number of halogens is 1. The average molecular weight is 485 g/mol. The summed E-state index contributed by atoms with van der Waals surface area (Å²) >= 11 is 7.72. The molecular weight excluding hydrogens is 464 g/mol. The summed E-state index contributed by atoms with van der Waals surface area (Å²) in [6.45, 7) is 2.00. The summed E-state index contributed by atoms with van der Waals surface area (Å²) < 4.78 is 6.27. The first kappa shape index (κ1) is 21.9. The molecule has 0 aliphatic heterocycles. The minimum absolute atomic E-state index is 0.111. The van der Waals surface area contributed by atoms with Crippen LogP contribution in [0.2, 0.25) is 0 Å². The van der Waals surface area contributed by atoms with Crippen molar-refractivity contribution in [1.82, 2.24) is 5.32 Å². The number of alkyl carbamates (subject to hydrolysis) is 1. The van der Waals surface area contributed by atoms with E-state index in [4.69, 9.17) is 4.74 Å². The highest BCUT2D eigenvalue weighted by atomic mass is 79.9. The molecule has 0 radical (unpaired) electrons. The molecule has 0 aliphatic rings. The van der Waals surface area contributed by atoms with Crippen LogP contribution in [0.5, 0.6) is 0 Å². The zero-order valence-electron chi connectivity index (χ0n) is 16.3. The second-order valence-electron chi connectivity index (χ2n) is 6.66. The monoisotopic (exact) mass is 484 g/mol. The topological polar surface area (TPSA) is 67.4 Å². The van der Waals surface area contributed by atoms with Crippen LogP contribution < -0.4 is 10.6 Å². The predicted octanol–water partition coefficient (Wildman–Crippen LogP) is 5.98. The third-order valence-corrected chi connectivity index (χ3v) is 5.36. The molecule has 0 saturated heterocycles.